The maximum Gasteiger partial charge on any atom is 0.263 e. The minimum atomic E-state index is -0.904. The summed E-state index contributed by atoms with van der Waals surface area (Å²) in [6.45, 7) is 0.460. The van der Waals surface area contributed by atoms with Gasteiger partial charge in [0, 0.05) is 17.7 Å². The number of carbonyl (C=O) groups excluding carboxylic acids is 1. The van der Waals surface area contributed by atoms with Crippen molar-refractivity contribution in [3.8, 4) is 0 Å². The molecule has 0 aliphatic carbocycles. The summed E-state index contributed by atoms with van der Waals surface area (Å²) < 4.78 is 27.9. The molecule has 0 N–H and O–H groups in total. The Hall–Kier alpha value is -1.73. The van der Waals surface area contributed by atoms with Crippen molar-refractivity contribution < 1.29 is 13.6 Å². The Morgan fingerprint density at radius 2 is 2.17 bits per heavy atom. The van der Waals surface area contributed by atoms with Gasteiger partial charge < -0.3 is 4.90 Å². The third-order valence-corrected chi connectivity index (χ3v) is 4.54. The van der Waals surface area contributed by atoms with Crippen LogP contribution < -0.4 is 9.80 Å². The number of anilines is 2. The zero-order chi connectivity index (χ0) is 17.4. The van der Waals surface area contributed by atoms with Crippen LogP contribution in [0.4, 0.5) is 20.3 Å². The van der Waals surface area contributed by atoms with Gasteiger partial charge in [0.05, 0.1) is 29.4 Å². The molecule has 0 saturated carbocycles. The van der Waals surface area contributed by atoms with Gasteiger partial charge in [0.25, 0.3) is 5.91 Å². The average Bonchev–Trinajstić information content (AvgIpc) is 2.51. The van der Waals surface area contributed by atoms with E-state index in [1.807, 2.05) is 0 Å². The third kappa shape index (κ3) is 3.10. The van der Waals surface area contributed by atoms with E-state index in [0.29, 0.717) is 16.0 Å². The summed E-state index contributed by atoms with van der Waals surface area (Å²) >= 11 is 9.29. The molecule has 0 bridgehead atoms. The van der Waals surface area contributed by atoms with Crippen molar-refractivity contribution in [2.24, 2.45) is 0 Å². The van der Waals surface area contributed by atoms with Crippen LogP contribution in [0.5, 0.6) is 0 Å². The number of halogens is 4. The lowest BCUT2D eigenvalue weighted by Gasteiger charge is -2.38. The summed E-state index contributed by atoms with van der Waals surface area (Å²) in [5.74, 6) is -1.01. The van der Waals surface area contributed by atoms with E-state index in [1.165, 1.54) is 36.3 Å². The molecule has 0 radical (unpaired) electrons. The number of nitrogens with zero attached hydrogens (tertiary/aromatic N) is 3. The van der Waals surface area contributed by atoms with Crippen LogP contribution in [0.2, 0.25) is 5.02 Å². The number of benzene rings is 1. The third-order valence-electron chi connectivity index (χ3n) is 3.79. The molecule has 1 fully saturated rings. The highest BCUT2D eigenvalue weighted by atomic mass is 79.9. The molecule has 1 saturated heterocycles. The molecule has 126 valence electrons. The molecule has 0 atom stereocenters. The Balaban J connectivity index is 1.98. The van der Waals surface area contributed by atoms with E-state index in [-0.39, 0.29) is 23.7 Å². The standard InChI is InChI=1S/C16H13BrClF2N3O/c1-22(16(24)14-11(18)3-2-4-12(14)20)15-13(5-9(17)6-21-15)23-7-10(19)8-23/h2-6,10H,7-8H2,1H3. The van der Waals surface area contributed by atoms with E-state index in [1.54, 1.807) is 11.0 Å². The molecule has 1 aliphatic heterocycles. The molecule has 2 aromatic rings. The van der Waals surface area contributed by atoms with E-state index in [2.05, 4.69) is 20.9 Å². The van der Waals surface area contributed by atoms with Gasteiger partial charge >= 0.3 is 0 Å². The Morgan fingerprint density at radius 1 is 1.46 bits per heavy atom. The first-order valence-electron chi connectivity index (χ1n) is 7.15. The van der Waals surface area contributed by atoms with Gasteiger partial charge in [-0.1, -0.05) is 17.7 Å². The van der Waals surface area contributed by atoms with Crippen molar-refractivity contribution in [3.63, 3.8) is 0 Å². The first-order valence-corrected chi connectivity index (χ1v) is 8.32. The number of hydrogen-bond acceptors (Lipinski definition) is 3. The summed E-state index contributed by atoms with van der Waals surface area (Å²) in [5.41, 5.74) is 0.380. The lowest BCUT2D eigenvalue weighted by molar-refractivity contribution is 0.0988. The first-order chi connectivity index (χ1) is 11.4. The quantitative estimate of drug-likeness (QED) is 0.757. The highest BCUT2D eigenvalue weighted by Crippen LogP contribution is 2.34. The summed E-state index contributed by atoms with van der Waals surface area (Å²) in [4.78, 5) is 19.9. The number of amides is 1. The molecule has 24 heavy (non-hydrogen) atoms. The predicted molar refractivity (Wildman–Crippen MR) is 93.2 cm³/mol. The minimum absolute atomic E-state index is 0.0262. The van der Waals surface area contributed by atoms with Crippen molar-refractivity contribution in [2.45, 2.75) is 6.17 Å². The highest BCUT2D eigenvalue weighted by molar-refractivity contribution is 9.10. The fraction of sp³-hybridized carbons (Fsp3) is 0.250. The van der Waals surface area contributed by atoms with Gasteiger partial charge in [0.15, 0.2) is 5.82 Å². The van der Waals surface area contributed by atoms with Crippen molar-refractivity contribution in [1.29, 1.82) is 0 Å². The van der Waals surface area contributed by atoms with E-state index in [4.69, 9.17) is 11.6 Å². The number of hydrogen-bond donors (Lipinski definition) is 0. The van der Waals surface area contributed by atoms with Gasteiger partial charge in [-0.05, 0) is 34.1 Å². The second-order valence-corrected chi connectivity index (χ2v) is 6.78. The minimum Gasteiger partial charge on any atom is -0.363 e. The monoisotopic (exact) mass is 415 g/mol. The van der Waals surface area contributed by atoms with Crippen molar-refractivity contribution in [3.05, 3.63) is 51.3 Å². The number of aromatic nitrogens is 1. The zero-order valence-corrected chi connectivity index (χ0v) is 15.0. The topological polar surface area (TPSA) is 36.4 Å². The van der Waals surface area contributed by atoms with Gasteiger partial charge in [-0.3, -0.25) is 9.69 Å². The molecule has 4 nitrogen and oxygen atoms in total. The molecule has 2 heterocycles. The largest absolute Gasteiger partial charge is 0.363 e. The maximum absolute atomic E-state index is 14.0. The van der Waals surface area contributed by atoms with Crippen LogP contribution >= 0.6 is 27.5 Å². The lowest BCUT2D eigenvalue weighted by atomic mass is 10.1. The first kappa shape index (κ1) is 17.1. The Morgan fingerprint density at radius 3 is 2.79 bits per heavy atom. The van der Waals surface area contributed by atoms with E-state index < -0.39 is 17.9 Å². The summed E-state index contributed by atoms with van der Waals surface area (Å²) in [5, 5.41) is 0.0262. The smallest absolute Gasteiger partial charge is 0.263 e. The summed E-state index contributed by atoms with van der Waals surface area (Å²) in [6, 6.07) is 5.80. The van der Waals surface area contributed by atoms with Gasteiger partial charge in [0.1, 0.15) is 12.0 Å². The molecule has 1 amide bonds. The van der Waals surface area contributed by atoms with Crippen LogP contribution in [0.1, 0.15) is 10.4 Å². The van der Waals surface area contributed by atoms with Crippen LogP contribution in [-0.2, 0) is 0 Å². The van der Waals surface area contributed by atoms with Crippen molar-refractivity contribution in [1.82, 2.24) is 4.98 Å². The average molecular weight is 417 g/mol. The predicted octanol–water partition coefficient (Wildman–Crippen LogP) is 4.07. The molecule has 3 rings (SSSR count). The molecular weight excluding hydrogens is 404 g/mol. The SMILES string of the molecule is CN(C(=O)c1c(F)cccc1Cl)c1ncc(Br)cc1N1CC(F)C1. The number of pyridine rings is 1. The van der Waals surface area contributed by atoms with Crippen LogP contribution in [0.25, 0.3) is 0 Å². The molecule has 0 unspecified atom stereocenters. The Kier molecular flexibility index (Phi) is 4.73. The second kappa shape index (κ2) is 6.64. The molecule has 1 aliphatic rings. The van der Waals surface area contributed by atoms with Crippen molar-refractivity contribution >= 4 is 44.9 Å². The van der Waals surface area contributed by atoms with Gasteiger partial charge in [-0.2, -0.15) is 0 Å². The summed E-state index contributed by atoms with van der Waals surface area (Å²) in [6.07, 6.45) is 0.622. The number of alkyl halides is 1. The van der Waals surface area contributed by atoms with E-state index in [9.17, 15) is 13.6 Å². The van der Waals surface area contributed by atoms with Gasteiger partial charge in [-0.15, -0.1) is 0 Å². The summed E-state index contributed by atoms with van der Waals surface area (Å²) in [7, 11) is 1.48. The molecule has 1 aromatic heterocycles. The number of carbonyl (C=O) groups is 1. The van der Waals surface area contributed by atoms with E-state index in [0.717, 1.165) is 0 Å². The lowest BCUT2D eigenvalue weighted by Crippen LogP contribution is -2.49. The van der Waals surface area contributed by atoms with Gasteiger partial charge in [-0.25, -0.2) is 13.8 Å². The Bertz CT molecular complexity index is 779. The molecule has 0 spiro atoms. The fourth-order valence-electron chi connectivity index (χ4n) is 2.50. The van der Waals surface area contributed by atoms with Crippen molar-refractivity contribution in [2.75, 3.05) is 29.9 Å². The van der Waals surface area contributed by atoms with Gasteiger partial charge in [0.2, 0.25) is 0 Å². The highest BCUT2D eigenvalue weighted by Gasteiger charge is 2.31. The molecule has 1 aromatic carbocycles. The maximum atomic E-state index is 14.0. The van der Waals surface area contributed by atoms with Crippen LogP contribution in [0.3, 0.4) is 0 Å². The normalized spacial score (nSPS) is 14.5. The van der Waals surface area contributed by atoms with E-state index >= 15 is 0 Å². The fourth-order valence-corrected chi connectivity index (χ4v) is 3.06. The molecular formula is C16H13BrClF2N3O. The van der Waals surface area contributed by atoms with Crippen LogP contribution in [0, 0.1) is 5.82 Å². The number of rotatable bonds is 3. The Labute approximate surface area is 151 Å². The molecule has 8 heteroatoms. The zero-order valence-electron chi connectivity index (χ0n) is 12.6. The second-order valence-electron chi connectivity index (χ2n) is 5.46. The van der Waals surface area contributed by atoms with Crippen LogP contribution in [0.15, 0.2) is 34.9 Å². The van der Waals surface area contributed by atoms with Crippen LogP contribution in [-0.4, -0.2) is 37.2 Å².